The van der Waals surface area contributed by atoms with Crippen molar-refractivity contribution in [3.8, 4) is 0 Å². The van der Waals surface area contributed by atoms with Crippen molar-refractivity contribution in [1.29, 1.82) is 0 Å². The molecule has 0 fully saturated rings. The van der Waals surface area contributed by atoms with Crippen LogP contribution in [-0.2, 0) is 14.9 Å². The van der Waals surface area contributed by atoms with Crippen LogP contribution in [0.4, 0.5) is 0 Å². The van der Waals surface area contributed by atoms with Crippen LogP contribution < -0.4 is 5.32 Å². The second kappa shape index (κ2) is 28.3. The number of aliphatic hydroxyl groups excluding tert-OH is 2. The molecule has 0 aliphatic heterocycles. The Balaban J connectivity index is 4.26. The summed E-state index contributed by atoms with van der Waals surface area (Å²) in [5, 5.41) is 23.1. The summed E-state index contributed by atoms with van der Waals surface area (Å²) in [6.07, 6.45) is 32.1. The second-order valence-electron chi connectivity index (χ2n) is 11.6. The maximum absolute atomic E-state index is 12.5. The van der Waals surface area contributed by atoms with Gasteiger partial charge in [-0.2, -0.15) is 8.42 Å². The van der Waals surface area contributed by atoms with Crippen LogP contribution in [0, 0.1) is 0 Å². The zero-order valence-corrected chi connectivity index (χ0v) is 27.5. The quantitative estimate of drug-likeness (QED) is 0.0385. The molecule has 1 amide bonds. The standard InChI is InChI=1S/C34H63NO6S/c1-3-5-7-9-11-13-15-16-17-18-19-21-22-24-26-28-32(36)31(30-42(39,40)41)35-34(38)33(37)29-27-25-23-20-14-12-10-8-6-4-2/h10,12,19,21,26,28,31-33,36-37H,3-9,11,13-18,20,22-25,27,29-30H2,1-2H3,(H,35,38)(H,39,40,41)/b12-10-,21-19+,28-26+. The van der Waals surface area contributed by atoms with E-state index in [0.717, 1.165) is 44.9 Å². The van der Waals surface area contributed by atoms with E-state index in [4.69, 9.17) is 0 Å². The summed E-state index contributed by atoms with van der Waals surface area (Å²) >= 11 is 0. The van der Waals surface area contributed by atoms with E-state index in [2.05, 4.69) is 43.5 Å². The maximum Gasteiger partial charge on any atom is 0.267 e. The third-order valence-electron chi connectivity index (χ3n) is 7.40. The Morgan fingerprint density at radius 3 is 1.64 bits per heavy atom. The Bertz CT molecular complexity index is 824. The first-order chi connectivity index (χ1) is 20.2. The highest BCUT2D eigenvalue weighted by atomic mass is 32.2. The summed E-state index contributed by atoms with van der Waals surface area (Å²) in [6.45, 7) is 4.42. The normalized spacial score (nSPS) is 14.7. The molecule has 0 aliphatic rings. The van der Waals surface area contributed by atoms with Crippen LogP contribution in [0.3, 0.4) is 0 Å². The van der Waals surface area contributed by atoms with Gasteiger partial charge in [-0.05, 0) is 51.4 Å². The molecule has 8 heteroatoms. The van der Waals surface area contributed by atoms with Crippen LogP contribution in [0.5, 0.6) is 0 Å². The van der Waals surface area contributed by atoms with E-state index in [-0.39, 0.29) is 6.42 Å². The first-order valence-electron chi connectivity index (χ1n) is 16.8. The van der Waals surface area contributed by atoms with Crippen LogP contribution >= 0.6 is 0 Å². The van der Waals surface area contributed by atoms with Crippen molar-refractivity contribution in [2.75, 3.05) is 5.75 Å². The predicted octanol–water partition coefficient (Wildman–Crippen LogP) is 7.98. The monoisotopic (exact) mass is 613 g/mol. The molecule has 4 N–H and O–H groups in total. The lowest BCUT2D eigenvalue weighted by atomic mass is 10.1. The Morgan fingerprint density at radius 1 is 0.643 bits per heavy atom. The first kappa shape index (κ1) is 40.5. The fourth-order valence-corrected chi connectivity index (χ4v) is 5.48. The molecule has 0 saturated heterocycles. The zero-order chi connectivity index (χ0) is 31.3. The summed E-state index contributed by atoms with van der Waals surface area (Å²) in [5.41, 5.74) is 0. The van der Waals surface area contributed by atoms with Crippen molar-refractivity contribution in [2.45, 2.75) is 167 Å². The van der Waals surface area contributed by atoms with Gasteiger partial charge < -0.3 is 15.5 Å². The molecule has 0 heterocycles. The SMILES string of the molecule is CCCC/C=C\CCCCCCC(O)C(=O)NC(CS(=O)(=O)O)C(O)/C=C/CC/C=C/CCCCCCCCCCC. The molecule has 0 saturated carbocycles. The van der Waals surface area contributed by atoms with Crippen LogP contribution in [0.15, 0.2) is 36.5 Å². The zero-order valence-electron chi connectivity index (χ0n) is 26.7. The number of unbranched alkanes of at least 4 members (excludes halogenated alkanes) is 16. The number of carbonyl (C=O) groups is 1. The lowest BCUT2D eigenvalue weighted by Gasteiger charge is -2.22. The fourth-order valence-electron chi connectivity index (χ4n) is 4.74. The molecule has 7 nitrogen and oxygen atoms in total. The van der Waals surface area contributed by atoms with E-state index in [1.54, 1.807) is 6.08 Å². The summed E-state index contributed by atoms with van der Waals surface area (Å²) in [6, 6.07) is -1.25. The molecule has 0 aromatic rings. The minimum Gasteiger partial charge on any atom is -0.387 e. The smallest absolute Gasteiger partial charge is 0.267 e. The lowest BCUT2D eigenvalue weighted by molar-refractivity contribution is -0.130. The van der Waals surface area contributed by atoms with Crippen LogP contribution in [0.1, 0.15) is 149 Å². The molecule has 3 unspecified atom stereocenters. The number of nitrogens with one attached hydrogen (secondary N) is 1. The average molecular weight is 614 g/mol. The van der Waals surface area contributed by atoms with Crippen molar-refractivity contribution in [1.82, 2.24) is 5.32 Å². The Kier molecular flexibility index (Phi) is 27.3. The molecule has 0 rings (SSSR count). The van der Waals surface area contributed by atoms with Gasteiger partial charge in [0.1, 0.15) is 6.10 Å². The molecule has 0 bridgehead atoms. The number of amides is 1. The maximum atomic E-state index is 12.5. The minimum atomic E-state index is -4.44. The number of hydrogen-bond donors (Lipinski definition) is 4. The molecule has 42 heavy (non-hydrogen) atoms. The van der Waals surface area contributed by atoms with Gasteiger partial charge in [0.15, 0.2) is 0 Å². The fraction of sp³-hybridized carbons (Fsp3) is 0.794. The van der Waals surface area contributed by atoms with Crippen molar-refractivity contribution >= 4 is 16.0 Å². The topological polar surface area (TPSA) is 124 Å². The van der Waals surface area contributed by atoms with Gasteiger partial charge in [-0.3, -0.25) is 9.35 Å². The van der Waals surface area contributed by atoms with Gasteiger partial charge in [0.05, 0.1) is 17.9 Å². The largest absolute Gasteiger partial charge is 0.387 e. The van der Waals surface area contributed by atoms with Gasteiger partial charge in [-0.1, -0.05) is 134 Å². The third-order valence-corrected chi connectivity index (χ3v) is 8.18. The Labute approximate surface area is 258 Å². The van der Waals surface area contributed by atoms with Crippen molar-refractivity contribution in [2.24, 2.45) is 0 Å². The van der Waals surface area contributed by atoms with Gasteiger partial charge in [-0.15, -0.1) is 0 Å². The van der Waals surface area contributed by atoms with Gasteiger partial charge in [0, 0.05) is 0 Å². The number of aliphatic hydroxyl groups is 2. The Hall–Kier alpha value is -1.48. The minimum absolute atomic E-state index is 0.258. The highest BCUT2D eigenvalue weighted by Crippen LogP contribution is 2.12. The second-order valence-corrected chi connectivity index (χ2v) is 13.1. The molecule has 0 aromatic heterocycles. The predicted molar refractivity (Wildman–Crippen MR) is 176 cm³/mol. The highest BCUT2D eigenvalue weighted by Gasteiger charge is 2.27. The van der Waals surface area contributed by atoms with Gasteiger partial charge in [0.2, 0.25) is 5.91 Å². The number of rotatable bonds is 29. The summed E-state index contributed by atoms with van der Waals surface area (Å²) < 4.78 is 32.3. The molecule has 0 aliphatic carbocycles. The molecule has 0 spiro atoms. The van der Waals surface area contributed by atoms with Crippen molar-refractivity contribution in [3.63, 3.8) is 0 Å². The van der Waals surface area contributed by atoms with Gasteiger partial charge >= 0.3 is 0 Å². The van der Waals surface area contributed by atoms with E-state index in [9.17, 15) is 28.0 Å². The van der Waals surface area contributed by atoms with Crippen molar-refractivity contribution in [3.05, 3.63) is 36.5 Å². The number of hydrogen-bond acceptors (Lipinski definition) is 5. The number of carbonyl (C=O) groups excluding carboxylic acids is 1. The molecular weight excluding hydrogens is 550 g/mol. The van der Waals surface area contributed by atoms with E-state index in [0.29, 0.717) is 12.8 Å². The van der Waals surface area contributed by atoms with Gasteiger partial charge in [-0.25, -0.2) is 0 Å². The summed E-state index contributed by atoms with van der Waals surface area (Å²) in [5.74, 6) is -1.57. The van der Waals surface area contributed by atoms with E-state index < -0.39 is 40.0 Å². The molecular formula is C34H63NO6S. The van der Waals surface area contributed by atoms with E-state index >= 15 is 0 Å². The molecule has 0 aromatic carbocycles. The van der Waals surface area contributed by atoms with E-state index in [1.807, 2.05) is 0 Å². The summed E-state index contributed by atoms with van der Waals surface area (Å²) in [4.78, 5) is 12.5. The molecule has 3 atom stereocenters. The molecule has 246 valence electrons. The molecule has 0 radical (unpaired) electrons. The lowest BCUT2D eigenvalue weighted by Crippen LogP contribution is -2.50. The van der Waals surface area contributed by atoms with Gasteiger partial charge in [0.25, 0.3) is 10.1 Å². The van der Waals surface area contributed by atoms with E-state index in [1.165, 1.54) is 76.7 Å². The Morgan fingerprint density at radius 2 is 1.10 bits per heavy atom. The number of allylic oxidation sites excluding steroid dienone is 5. The highest BCUT2D eigenvalue weighted by molar-refractivity contribution is 7.85. The van der Waals surface area contributed by atoms with Crippen LogP contribution in [0.25, 0.3) is 0 Å². The first-order valence-corrected chi connectivity index (χ1v) is 18.4. The average Bonchev–Trinajstić information content (AvgIpc) is 2.94. The third kappa shape index (κ3) is 27.4. The van der Waals surface area contributed by atoms with Crippen LogP contribution in [-0.4, -0.2) is 53.1 Å². The van der Waals surface area contributed by atoms with Crippen LogP contribution in [0.2, 0.25) is 0 Å². The van der Waals surface area contributed by atoms with Crippen molar-refractivity contribution < 1.29 is 28.0 Å². The summed E-state index contributed by atoms with van der Waals surface area (Å²) in [7, 11) is -4.44.